The molecule has 1 aliphatic heterocycles. The van der Waals surface area contributed by atoms with Gasteiger partial charge in [0, 0.05) is 19.5 Å². The molecule has 37 heavy (non-hydrogen) atoms. The van der Waals surface area contributed by atoms with Gasteiger partial charge in [0.1, 0.15) is 17.5 Å². The number of fused-ring (bicyclic) bond motifs is 1. The van der Waals surface area contributed by atoms with E-state index in [1.165, 1.54) is 23.1 Å². The van der Waals surface area contributed by atoms with Crippen LogP contribution in [0.25, 0.3) is 0 Å². The number of benzene rings is 3. The third-order valence-electron chi connectivity index (χ3n) is 6.25. The first-order chi connectivity index (χ1) is 17.7. The molecule has 0 aliphatic carbocycles. The minimum atomic E-state index is -4.18. The topological polar surface area (TPSA) is 104 Å². The van der Waals surface area contributed by atoms with Crippen LogP contribution >= 0.6 is 0 Å². The summed E-state index contributed by atoms with van der Waals surface area (Å²) in [5.74, 6) is -1.75. The number of nitrogens with zero attached hydrogens (tertiary/aromatic N) is 2. The van der Waals surface area contributed by atoms with E-state index in [0.29, 0.717) is 10.8 Å². The summed E-state index contributed by atoms with van der Waals surface area (Å²) in [6.45, 7) is 3.45. The van der Waals surface area contributed by atoms with Gasteiger partial charge in [-0.15, -0.1) is 0 Å². The highest BCUT2D eigenvalue weighted by Crippen LogP contribution is 2.30. The first-order valence-corrected chi connectivity index (χ1v) is 13.5. The lowest BCUT2D eigenvalue weighted by molar-refractivity contribution is -0.141. The molecule has 4 rings (SSSR count). The summed E-state index contributed by atoms with van der Waals surface area (Å²) in [5, 5.41) is 2.80. The van der Waals surface area contributed by atoms with Crippen molar-refractivity contribution >= 4 is 27.7 Å². The molecule has 0 unspecified atom stereocenters. The van der Waals surface area contributed by atoms with Gasteiger partial charge in [-0.2, -0.15) is 0 Å². The third-order valence-corrected chi connectivity index (χ3v) is 8.04. The summed E-state index contributed by atoms with van der Waals surface area (Å²) in [7, 11) is -4.18. The van der Waals surface area contributed by atoms with E-state index in [1.807, 2.05) is 61.5 Å². The minimum Gasteiger partial charge on any atom is -0.355 e. The van der Waals surface area contributed by atoms with E-state index in [2.05, 4.69) is 5.32 Å². The molecule has 0 bridgehead atoms. The van der Waals surface area contributed by atoms with E-state index >= 15 is 0 Å². The zero-order valence-electron chi connectivity index (χ0n) is 20.8. The van der Waals surface area contributed by atoms with Crippen LogP contribution < -0.4 is 5.32 Å². The molecule has 0 fully saturated rings. The van der Waals surface area contributed by atoms with Crippen LogP contribution in [-0.2, 0) is 32.6 Å². The number of amides is 3. The van der Waals surface area contributed by atoms with Crippen molar-refractivity contribution in [1.29, 1.82) is 0 Å². The summed E-state index contributed by atoms with van der Waals surface area (Å²) in [6.07, 6.45) is 0.227. The molecule has 3 aromatic carbocycles. The molecule has 9 heteroatoms. The smallest absolute Gasteiger partial charge is 0.269 e. The predicted molar refractivity (Wildman–Crippen MR) is 139 cm³/mol. The number of sulfonamides is 1. The number of hydrogen-bond acceptors (Lipinski definition) is 5. The van der Waals surface area contributed by atoms with Crippen molar-refractivity contribution in [3.63, 3.8) is 0 Å². The van der Waals surface area contributed by atoms with Crippen LogP contribution in [0.4, 0.5) is 0 Å². The van der Waals surface area contributed by atoms with Crippen LogP contribution in [0.3, 0.4) is 0 Å². The van der Waals surface area contributed by atoms with E-state index in [-0.39, 0.29) is 29.3 Å². The maximum atomic E-state index is 13.8. The second-order valence-electron chi connectivity index (χ2n) is 8.92. The number of carbonyl (C=O) groups is 3. The SMILES string of the molecule is CCNC(=O)[C@@H](Cc1ccccc1)N(Cc1cccc(C)c1)C(=O)CN1C(=O)c2ccccc2S1(=O)=O. The van der Waals surface area contributed by atoms with E-state index in [9.17, 15) is 22.8 Å². The van der Waals surface area contributed by atoms with Gasteiger partial charge in [-0.05, 0) is 37.1 Å². The molecule has 0 saturated carbocycles. The number of likely N-dealkylation sites (N-methyl/N-ethyl adjacent to an activating group) is 1. The van der Waals surface area contributed by atoms with Gasteiger partial charge in [0.05, 0.1) is 5.56 Å². The quantitative estimate of drug-likeness (QED) is 0.468. The van der Waals surface area contributed by atoms with Gasteiger partial charge in [0.15, 0.2) is 0 Å². The van der Waals surface area contributed by atoms with Gasteiger partial charge in [-0.1, -0.05) is 72.3 Å². The standard InChI is InChI=1S/C28H29N3O5S/c1-3-29-27(33)24(17-21-11-5-4-6-12-21)30(18-22-13-9-10-20(2)16-22)26(32)19-31-28(34)23-14-7-8-15-25(23)37(31,35)36/h4-16,24H,3,17-19H2,1-2H3,(H,29,33)/t24-/m1/s1. The minimum absolute atomic E-state index is 0.0325. The molecule has 1 heterocycles. The molecule has 0 radical (unpaired) electrons. The van der Waals surface area contributed by atoms with Crippen LogP contribution in [0, 0.1) is 6.92 Å². The lowest BCUT2D eigenvalue weighted by Gasteiger charge is -2.32. The highest BCUT2D eigenvalue weighted by Gasteiger charge is 2.43. The number of hydrogen-bond donors (Lipinski definition) is 1. The van der Waals surface area contributed by atoms with E-state index in [0.717, 1.165) is 16.7 Å². The van der Waals surface area contributed by atoms with Gasteiger partial charge < -0.3 is 10.2 Å². The Morgan fingerprint density at radius 1 is 0.946 bits per heavy atom. The Balaban J connectivity index is 1.71. The molecular weight excluding hydrogens is 490 g/mol. The van der Waals surface area contributed by atoms with Crippen molar-refractivity contribution in [2.45, 2.75) is 37.8 Å². The highest BCUT2D eigenvalue weighted by molar-refractivity contribution is 7.90. The van der Waals surface area contributed by atoms with Gasteiger partial charge in [-0.3, -0.25) is 14.4 Å². The Hall–Kier alpha value is -3.98. The second kappa shape index (κ2) is 11.0. The zero-order valence-corrected chi connectivity index (χ0v) is 21.6. The molecule has 0 aromatic heterocycles. The number of aryl methyl sites for hydroxylation is 1. The molecule has 192 valence electrons. The molecule has 1 aliphatic rings. The van der Waals surface area contributed by atoms with Crippen LogP contribution in [-0.4, -0.2) is 54.5 Å². The van der Waals surface area contributed by atoms with Crippen molar-refractivity contribution in [2.75, 3.05) is 13.1 Å². The lowest BCUT2D eigenvalue weighted by atomic mass is 10.0. The molecule has 1 N–H and O–H groups in total. The Kier molecular flexibility index (Phi) is 7.73. The first-order valence-electron chi connectivity index (χ1n) is 12.0. The average Bonchev–Trinajstić information content (AvgIpc) is 3.07. The number of rotatable bonds is 9. The molecule has 0 spiro atoms. The lowest BCUT2D eigenvalue weighted by Crippen LogP contribution is -2.53. The molecule has 3 aromatic rings. The fourth-order valence-corrected chi connectivity index (χ4v) is 5.97. The van der Waals surface area contributed by atoms with Crippen molar-refractivity contribution in [3.8, 4) is 0 Å². The summed E-state index contributed by atoms with van der Waals surface area (Å²) >= 11 is 0. The van der Waals surface area contributed by atoms with Gasteiger partial charge >= 0.3 is 0 Å². The molecule has 0 saturated heterocycles. The van der Waals surface area contributed by atoms with Crippen molar-refractivity contribution < 1.29 is 22.8 Å². The summed E-state index contributed by atoms with van der Waals surface area (Å²) in [4.78, 5) is 41.3. The molecule has 1 atom stereocenters. The van der Waals surface area contributed by atoms with E-state index in [1.54, 1.807) is 13.0 Å². The Bertz CT molecular complexity index is 1420. The molecular formula is C28H29N3O5S. The van der Waals surface area contributed by atoms with Gasteiger partial charge in [-0.25, -0.2) is 12.7 Å². The Morgan fingerprint density at radius 2 is 1.62 bits per heavy atom. The Morgan fingerprint density at radius 3 is 2.30 bits per heavy atom. The fourth-order valence-electron chi connectivity index (χ4n) is 4.45. The largest absolute Gasteiger partial charge is 0.355 e. The Labute approximate surface area is 217 Å². The fraction of sp³-hybridized carbons (Fsp3) is 0.250. The average molecular weight is 520 g/mol. The third kappa shape index (κ3) is 5.56. The van der Waals surface area contributed by atoms with Gasteiger partial charge in [0.2, 0.25) is 11.8 Å². The predicted octanol–water partition coefficient (Wildman–Crippen LogP) is 2.92. The van der Waals surface area contributed by atoms with Crippen LogP contribution in [0.2, 0.25) is 0 Å². The summed E-state index contributed by atoms with van der Waals surface area (Å²) in [5.41, 5.74) is 2.65. The summed E-state index contributed by atoms with van der Waals surface area (Å²) in [6, 6.07) is 21.8. The number of carbonyl (C=O) groups excluding carboxylic acids is 3. The van der Waals surface area contributed by atoms with Crippen LogP contribution in [0.15, 0.2) is 83.8 Å². The highest BCUT2D eigenvalue weighted by atomic mass is 32.2. The maximum absolute atomic E-state index is 13.8. The second-order valence-corrected chi connectivity index (χ2v) is 10.8. The zero-order chi connectivity index (χ0) is 26.6. The molecule has 8 nitrogen and oxygen atoms in total. The van der Waals surface area contributed by atoms with Crippen LogP contribution in [0.5, 0.6) is 0 Å². The maximum Gasteiger partial charge on any atom is 0.269 e. The number of nitrogens with one attached hydrogen (secondary N) is 1. The van der Waals surface area contributed by atoms with Crippen molar-refractivity contribution in [1.82, 2.24) is 14.5 Å². The molecule has 3 amide bonds. The van der Waals surface area contributed by atoms with E-state index < -0.39 is 34.4 Å². The van der Waals surface area contributed by atoms with Gasteiger partial charge in [0.25, 0.3) is 15.9 Å². The van der Waals surface area contributed by atoms with Crippen molar-refractivity contribution in [3.05, 3.63) is 101 Å². The van der Waals surface area contributed by atoms with Crippen LogP contribution in [0.1, 0.15) is 34.0 Å². The normalized spacial score (nSPS) is 14.6. The first kappa shape index (κ1) is 26.1. The van der Waals surface area contributed by atoms with E-state index in [4.69, 9.17) is 0 Å². The summed E-state index contributed by atoms with van der Waals surface area (Å²) < 4.78 is 26.8. The van der Waals surface area contributed by atoms with Crippen molar-refractivity contribution in [2.24, 2.45) is 0 Å². The monoisotopic (exact) mass is 519 g/mol.